The minimum atomic E-state index is 0.854. The molecule has 8 rings (SSSR count). The van der Waals surface area contributed by atoms with Crippen LogP contribution in [0.4, 0.5) is 0 Å². The molecule has 0 spiro atoms. The number of rotatable bonds is 36. The van der Waals surface area contributed by atoms with Gasteiger partial charge >= 0.3 is 0 Å². The van der Waals surface area contributed by atoms with Gasteiger partial charge in [0.25, 0.3) is 0 Å². The molecule has 0 atom stereocenters. The van der Waals surface area contributed by atoms with Gasteiger partial charge in [-0.05, 0) is 134 Å². The van der Waals surface area contributed by atoms with Gasteiger partial charge in [-0.25, -0.2) is 0 Å². The normalized spacial score (nSPS) is 11.8. The van der Waals surface area contributed by atoms with Crippen LogP contribution in [0.1, 0.15) is 214 Å². The minimum Gasteiger partial charge on any atom is -0.487 e. The van der Waals surface area contributed by atoms with Crippen molar-refractivity contribution in [1.29, 1.82) is 0 Å². The van der Waals surface area contributed by atoms with Gasteiger partial charge in [0.05, 0.1) is 16.9 Å². The van der Waals surface area contributed by atoms with Crippen molar-refractivity contribution in [1.82, 2.24) is 0 Å². The van der Waals surface area contributed by atoms with Crippen LogP contribution in [0, 0.1) is 0 Å². The largest absolute Gasteiger partial charge is 0.487 e. The van der Waals surface area contributed by atoms with Crippen molar-refractivity contribution in [2.75, 3.05) is 7.11 Å². The standard InChI is InChI=1S/C64H82O2S8/c1-6-10-14-18-22-26-30-45-38-49(44-65)67-61(45)50-34-35-51(68-50)62-46(31-27-23-19-15-11-7-2)39-54(72-62)56-42-58-59(70-56)43-57(71-58)55-40-47(32-28-24-20-16-12-8-3)63(73-55)52-36-37-53(69-52)64-48(41-60(66-5)74-64)33-29-25-21-17-13-9-4/h34-44H,6-33H2,1-5H3. The number of thiophene rings is 8. The maximum absolute atomic E-state index is 12.0. The monoisotopic (exact) mass is 1140 g/mol. The van der Waals surface area contributed by atoms with E-state index < -0.39 is 0 Å². The first-order chi connectivity index (χ1) is 36.4. The first-order valence-electron chi connectivity index (χ1n) is 28.7. The molecule has 0 aliphatic heterocycles. The van der Waals surface area contributed by atoms with Crippen LogP contribution < -0.4 is 4.74 Å². The quantitative estimate of drug-likeness (QED) is 0.0289. The molecule has 0 saturated carbocycles. The summed E-state index contributed by atoms with van der Waals surface area (Å²) in [6.45, 7) is 9.20. The number of fused-ring (bicyclic) bond motifs is 1. The van der Waals surface area contributed by atoms with Crippen LogP contribution in [0.2, 0.25) is 0 Å². The Morgan fingerprint density at radius 3 is 1.04 bits per heavy atom. The Morgan fingerprint density at radius 2 is 0.662 bits per heavy atom. The molecule has 0 fully saturated rings. The fraction of sp³-hybridized carbons (Fsp3) is 0.516. The lowest BCUT2D eigenvalue weighted by molar-refractivity contribution is 0.112. The second-order valence-corrected chi connectivity index (χ2v) is 29.1. The number of aryl methyl sites for hydroxylation is 4. The summed E-state index contributed by atoms with van der Waals surface area (Å²) in [6.07, 6.45) is 36.9. The number of carbonyl (C=O) groups excluding carboxylic acids is 1. The lowest BCUT2D eigenvalue weighted by atomic mass is 10.0. The van der Waals surface area contributed by atoms with Gasteiger partial charge in [-0.3, -0.25) is 4.79 Å². The Bertz CT molecular complexity index is 2860. The highest BCUT2D eigenvalue weighted by molar-refractivity contribution is 7.35. The molecule has 10 heteroatoms. The summed E-state index contributed by atoms with van der Waals surface area (Å²) in [4.78, 5) is 29.6. The SMILES string of the molecule is CCCCCCCCc1cc(C=O)sc1-c1ccc(-c2sc(-c3cc4sc(-c5cc(CCCCCCCC)c(-c6ccc(-c7sc(OC)cc7CCCCCCCC)s6)s5)cc4s3)cc2CCCCCCCC)s1. The van der Waals surface area contributed by atoms with E-state index in [0.717, 1.165) is 41.9 Å². The van der Waals surface area contributed by atoms with E-state index in [1.807, 2.05) is 86.5 Å². The second kappa shape index (κ2) is 30.5. The van der Waals surface area contributed by atoms with E-state index in [2.05, 4.69) is 88.4 Å². The van der Waals surface area contributed by atoms with Crippen molar-refractivity contribution in [3.63, 3.8) is 0 Å². The maximum atomic E-state index is 12.0. The maximum Gasteiger partial charge on any atom is 0.174 e. The molecule has 0 unspecified atom stereocenters. The van der Waals surface area contributed by atoms with E-state index in [-0.39, 0.29) is 0 Å². The molecule has 0 radical (unpaired) electrons. The van der Waals surface area contributed by atoms with Crippen molar-refractivity contribution in [2.45, 2.75) is 207 Å². The van der Waals surface area contributed by atoms with Gasteiger partial charge in [0, 0.05) is 63.0 Å². The van der Waals surface area contributed by atoms with Crippen molar-refractivity contribution in [3.8, 4) is 63.6 Å². The van der Waals surface area contributed by atoms with Crippen LogP contribution >= 0.6 is 90.7 Å². The van der Waals surface area contributed by atoms with E-state index >= 15 is 0 Å². The van der Waals surface area contributed by atoms with E-state index in [9.17, 15) is 4.79 Å². The van der Waals surface area contributed by atoms with E-state index in [1.165, 1.54) is 244 Å². The average molecular weight is 1140 g/mol. The topological polar surface area (TPSA) is 26.3 Å². The van der Waals surface area contributed by atoms with E-state index in [0.29, 0.717) is 0 Å². The molecule has 0 aliphatic carbocycles. The lowest BCUT2D eigenvalue weighted by Crippen LogP contribution is -1.86. The van der Waals surface area contributed by atoms with Gasteiger partial charge in [0.1, 0.15) is 0 Å². The molecular formula is C64H82O2S8. The van der Waals surface area contributed by atoms with Gasteiger partial charge in [0.15, 0.2) is 11.3 Å². The number of methoxy groups -OCH3 is 1. The Hall–Kier alpha value is -2.67. The Morgan fingerprint density at radius 1 is 0.338 bits per heavy atom. The fourth-order valence-corrected chi connectivity index (χ4v) is 19.9. The summed E-state index contributed by atoms with van der Waals surface area (Å²) in [7, 11) is 1.82. The first kappa shape index (κ1) is 57.5. The van der Waals surface area contributed by atoms with Gasteiger partial charge < -0.3 is 4.74 Å². The van der Waals surface area contributed by atoms with Crippen LogP contribution in [0.15, 0.2) is 60.7 Å². The molecule has 8 aromatic rings. The van der Waals surface area contributed by atoms with Crippen LogP contribution in [-0.2, 0) is 25.7 Å². The molecule has 398 valence electrons. The molecule has 0 saturated heterocycles. The van der Waals surface area contributed by atoms with E-state index in [4.69, 9.17) is 4.74 Å². The van der Waals surface area contributed by atoms with Crippen LogP contribution in [0.3, 0.4) is 0 Å². The minimum absolute atomic E-state index is 0.854. The number of carbonyl (C=O) groups is 1. The van der Waals surface area contributed by atoms with Crippen LogP contribution in [0.5, 0.6) is 5.06 Å². The summed E-state index contributed by atoms with van der Waals surface area (Å²) >= 11 is 15.4. The third-order valence-corrected chi connectivity index (χ3v) is 24.7. The summed E-state index contributed by atoms with van der Waals surface area (Å²) in [5.41, 5.74) is 5.85. The predicted molar refractivity (Wildman–Crippen MR) is 340 cm³/mol. The molecule has 0 aliphatic rings. The number of unbranched alkanes of at least 4 members (excludes halogenated alkanes) is 20. The highest BCUT2D eigenvalue weighted by atomic mass is 32.1. The molecule has 8 heterocycles. The number of aldehydes is 1. The Labute approximate surface area is 477 Å². The first-order valence-corrected chi connectivity index (χ1v) is 35.2. The molecular weight excluding hydrogens is 1060 g/mol. The zero-order valence-electron chi connectivity index (χ0n) is 45.2. The highest BCUT2D eigenvalue weighted by Gasteiger charge is 2.22. The zero-order valence-corrected chi connectivity index (χ0v) is 51.8. The Balaban J connectivity index is 1.04. The molecule has 0 N–H and O–H groups in total. The van der Waals surface area contributed by atoms with Gasteiger partial charge in [-0.15, -0.1) is 79.4 Å². The third kappa shape index (κ3) is 15.8. The van der Waals surface area contributed by atoms with Crippen LogP contribution in [-0.4, -0.2) is 13.4 Å². The van der Waals surface area contributed by atoms with Crippen molar-refractivity contribution >= 4 is 106 Å². The molecule has 0 aromatic carbocycles. The van der Waals surface area contributed by atoms with Crippen molar-refractivity contribution < 1.29 is 9.53 Å². The fourth-order valence-electron chi connectivity index (χ4n) is 10.3. The lowest BCUT2D eigenvalue weighted by Gasteiger charge is -2.04. The molecule has 8 aromatic heterocycles. The molecule has 74 heavy (non-hydrogen) atoms. The number of hydrogen-bond acceptors (Lipinski definition) is 10. The number of ether oxygens (including phenoxy) is 1. The smallest absolute Gasteiger partial charge is 0.174 e. The summed E-state index contributed by atoms with van der Waals surface area (Å²) in [5, 5.41) is 1.03. The average Bonchev–Trinajstić information content (AvgIpc) is 4.27. The van der Waals surface area contributed by atoms with Crippen molar-refractivity contribution in [2.24, 2.45) is 0 Å². The molecule has 0 amide bonds. The zero-order chi connectivity index (χ0) is 51.5. The van der Waals surface area contributed by atoms with Gasteiger partial charge in [-0.1, -0.05) is 167 Å². The molecule has 0 bridgehead atoms. The van der Waals surface area contributed by atoms with Crippen molar-refractivity contribution in [3.05, 3.63) is 87.8 Å². The Kier molecular flexibility index (Phi) is 23.7. The summed E-state index contributed by atoms with van der Waals surface area (Å²) < 4.78 is 8.63. The second-order valence-electron chi connectivity index (χ2n) is 20.5. The number of hydrogen-bond donors (Lipinski definition) is 0. The van der Waals surface area contributed by atoms with Gasteiger partial charge in [0.2, 0.25) is 0 Å². The van der Waals surface area contributed by atoms with Gasteiger partial charge in [-0.2, -0.15) is 0 Å². The summed E-state index contributed by atoms with van der Waals surface area (Å²) in [5.74, 6) is 0. The third-order valence-electron chi connectivity index (χ3n) is 14.5. The molecule has 2 nitrogen and oxygen atoms in total. The highest BCUT2D eigenvalue weighted by Crippen LogP contribution is 2.52. The summed E-state index contributed by atoms with van der Waals surface area (Å²) in [6, 6.07) is 24.1. The predicted octanol–water partition coefficient (Wildman–Crippen LogP) is 24.8. The van der Waals surface area contributed by atoms with E-state index in [1.54, 1.807) is 11.3 Å². The van der Waals surface area contributed by atoms with Crippen LogP contribution in [0.25, 0.3) is 67.9 Å².